The highest BCUT2D eigenvalue weighted by Gasteiger charge is 2.08. The number of benzene rings is 1. The molecule has 1 N–H and O–H groups in total. The van der Waals surface area contributed by atoms with Gasteiger partial charge in [-0.15, -0.1) is 5.10 Å². The van der Waals surface area contributed by atoms with Gasteiger partial charge in [0.05, 0.1) is 5.02 Å². The molecule has 0 saturated carbocycles. The van der Waals surface area contributed by atoms with Crippen molar-refractivity contribution in [3.8, 4) is 5.75 Å². The van der Waals surface area contributed by atoms with Crippen molar-refractivity contribution < 1.29 is 4.74 Å². The molecule has 0 radical (unpaired) electrons. The van der Waals surface area contributed by atoms with Gasteiger partial charge in [0.25, 0.3) is 0 Å². The Labute approximate surface area is 116 Å². The largest absolute Gasteiger partial charge is 0.486 e. The predicted octanol–water partition coefficient (Wildman–Crippen LogP) is 3.57. The molecule has 0 unspecified atom stereocenters. The fourth-order valence-electron chi connectivity index (χ4n) is 1.23. The summed E-state index contributed by atoms with van der Waals surface area (Å²) in [5.41, 5.74) is 0.775. The molecule has 2 rings (SSSR count). The van der Waals surface area contributed by atoms with Gasteiger partial charge in [0.15, 0.2) is 0 Å². The van der Waals surface area contributed by atoms with E-state index in [0.717, 1.165) is 15.2 Å². The fraction of sp³-hybridized carbons (Fsp3) is 0.200. The van der Waals surface area contributed by atoms with Crippen LogP contribution in [-0.4, -0.2) is 16.6 Å². The first-order valence-corrected chi connectivity index (χ1v) is 6.72. The Bertz CT molecular complexity index is 520. The Hall–Kier alpha value is -0.850. The summed E-state index contributed by atoms with van der Waals surface area (Å²) in [6.07, 6.45) is 0. The molecule has 1 heterocycles. The van der Waals surface area contributed by atoms with Crippen LogP contribution in [0.4, 0.5) is 5.00 Å². The van der Waals surface area contributed by atoms with Crippen molar-refractivity contribution in [2.24, 2.45) is 0 Å². The molecule has 0 aliphatic rings. The van der Waals surface area contributed by atoms with Crippen LogP contribution in [-0.2, 0) is 6.61 Å². The number of hydrogen-bond acceptors (Lipinski definition) is 5. The zero-order valence-corrected chi connectivity index (χ0v) is 12.1. The van der Waals surface area contributed by atoms with E-state index >= 15 is 0 Å². The molecule has 0 aliphatic heterocycles. The van der Waals surface area contributed by atoms with E-state index in [2.05, 4.69) is 30.8 Å². The average Bonchev–Trinajstić information content (AvgIpc) is 2.75. The van der Waals surface area contributed by atoms with Gasteiger partial charge in [-0.2, -0.15) is 0 Å². The van der Waals surface area contributed by atoms with Gasteiger partial charge in [-0.3, -0.25) is 0 Å². The first-order valence-electron chi connectivity index (χ1n) is 4.77. The number of aromatic nitrogens is 2. The second kappa shape index (κ2) is 5.66. The van der Waals surface area contributed by atoms with Crippen LogP contribution in [0, 0.1) is 0 Å². The lowest BCUT2D eigenvalue weighted by Gasteiger charge is -2.07. The highest BCUT2D eigenvalue weighted by Crippen LogP contribution is 2.29. The molecule has 0 fully saturated rings. The minimum atomic E-state index is 0.341. The van der Waals surface area contributed by atoms with Gasteiger partial charge in [-0.25, -0.2) is 0 Å². The van der Waals surface area contributed by atoms with Crippen molar-refractivity contribution >= 4 is 44.1 Å². The van der Waals surface area contributed by atoms with Crippen molar-refractivity contribution in [2.75, 3.05) is 12.4 Å². The van der Waals surface area contributed by atoms with Gasteiger partial charge in [0.2, 0.25) is 0 Å². The van der Waals surface area contributed by atoms with Crippen molar-refractivity contribution in [3.63, 3.8) is 0 Å². The standard InChI is InChI=1S/C10H9BrClN3OS/c1-13-10-8(14-15-17-10)5-16-9-3-2-6(11)4-7(9)12/h2-4,13H,5H2,1H3. The first-order chi connectivity index (χ1) is 8.20. The topological polar surface area (TPSA) is 47.0 Å². The first kappa shape index (κ1) is 12.6. The third-order valence-corrected chi connectivity index (χ3v) is 3.62. The maximum Gasteiger partial charge on any atom is 0.138 e. The third-order valence-electron chi connectivity index (χ3n) is 2.04. The molecule has 7 heteroatoms. The van der Waals surface area contributed by atoms with Gasteiger partial charge >= 0.3 is 0 Å². The average molecular weight is 335 g/mol. The van der Waals surface area contributed by atoms with Gasteiger partial charge in [-0.05, 0) is 18.2 Å². The Morgan fingerprint density at radius 1 is 1.53 bits per heavy atom. The Morgan fingerprint density at radius 2 is 2.35 bits per heavy atom. The number of hydrogen-bond donors (Lipinski definition) is 1. The summed E-state index contributed by atoms with van der Waals surface area (Å²) in [4.78, 5) is 0. The number of ether oxygens (including phenoxy) is 1. The molecule has 4 nitrogen and oxygen atoms in total. The van der Waals surface area contributed by atoms with E-state index in [1.54, 1.807) is 6.07 Å². The molecule has 0 amide bonds. The molecular formula is C10H9BrClN3OS. The zero-order chi connectivity index (χ0) is 12.3. The lowest BCUT2D eigenvalue weighted by molar-refractivity contribution is 0.302. The minimum Gasteiger partial charge on any atom is -0.486 e. The number of anilines is 1. The minimum absolute atomic E-state index is 0.341. The molecule has 0 saturated heterocycles. The normalized spacial score (nSPS) is 10.3. The SMILES string of the molecule is CNc1snnc1COc1ccc(Br)cc1Cl. The monoisotopic (exact) mass is 333 g/mol. The Balaban J connectivity index is 2.07. The van der Waals surface area contributed by atoms with E-state index in [1.807, 2.05) is 19.2 Å². The van der Waals surface area contributed by atoms with Crippen molar-refractivity contribution in [3.05, 3.63) is 33.4 Å². The van der Waals surface area contributed by atoms with Crippen LogP contribution in [0.15, 0.2) is 22.7 Å². The lowest BCUT2D eigenvalue weighted by atomic mass is 10.3. The van der Waals surface area contributed by atoms with Crippen LogP contribution in [0.3, 0.4) is 0 Å². The number of nitrogens with zero attached hydrogens (tertiary/aromatic N) is 2. The van der Waals surface area contributed by atoms with Gasteiger partial charge in [0.1, 0.15) is 23.1 Å². The summed E-state index contributed by atoms with van der Waals surface area (Å²) in [5.74, 6) is 0.630. The molecule has 0 aliphatic carbocycles. The molecule has 0 bridgehead atoms. The van der Waals surface area contributed by atoms with E-state index in [9.17, 15) is 0 Å². The Kier molecular flexibility index (Phi) is 4.20. The van der Waals surface area contributed by atoms with Gasteiger partial charge in [-0.1, -0.05) is 32.0 Å². The van der Waals surface area contributed by atoms with Gasteiger partial charge in [0, 0.05) is 23.1 Å². The molecule has 2 aromatic rings. The van der Waals surface area contributed by atoms with Crippen LogP contribution in [0.1, 0.15) is 5.69 Å². The number of halogens is 2. The summed E-state index contributed by atoms with van der Waals surface area (Å²) < 4.78 is 10.4. The van der Waals surface area contributed by atoms with E-state index in [-0.39, 0.29) is 0 Å². The molecular weight excluding hydrogens is 326 g/mol. The van der Waals surface area contributed by atoms with Crippen LogP contribution in [0.2, 0.25) is 5.02 Å². The van der Waals surface area contributed by atoms with E-state index in [4.69, 9.17) is 16.3 Å². The van der Waals surface area contributed by atoms with Gasteiger partial charge < -0.3 is 10.1 Å². The summed E-state index contributed by atoms with van der Waals surface area (Å²) in [6.45, 7) is 0.341. The maximum atomic E-state index is 6.04. The van der Waals surface area contributed by atoms with Crippen LogP contribution >= 0.6 is 39.1 Å². The zero-order valence-electron chi connectivity index (χ0n) is 8.91. The highest BCUT2D eigenvalue weighted by atomic mass is 79.9. The second-order valence-electron chi connectivity index (χ2n) is 3.16. The highest BCUT2D eigenvalue weighted by molar-refractivity contribution is 9.10. The summed E-state index contributed by atoms with van der Waals surface area (Å²) in [7, 11) is 1.82. The van der Waals surface area contributed by atoms with Crippen LogP contribution in [0.5, 0.6) is 5.75 Å². The molecule has 0 spiro atoms. The maximum absolute atomic E-state index is 6.04. The number of rotatable bonds is 4. The lowest BCUT2D eigenvalue weighted by Crippen LogP contribution is -1.99. The van der Waals surface area contributed by atoms with Crippen LogP contribution in [0.25, 0.3) is 0 Å². The van der Waals surface area contributed by atoms with Crippen molar-refractivity contribution in [1.29, 1.82) is 0 Å². The van der Waals surface area contributed by atoms with E-state index in [1.165, 1.54) is 11.5 Å². The second-order valence-corrected chi connectivity index (χ2v) is 5.24. The molecule has 17 heavy (non-hydrogen) atoms. The number of nitrogens with one attached hydrogen (secondary N) is 1. The third kappa shape index (κ3) is 3.08. The molecule has 90 valence electrons. The van der Waals surface area contributed by atoms with E-state index < -0.39 is 0 Å². The van der Waals surface area contributed by atoms with Crippen molar-refractivity contribution in [1.82, 2.24) is 9.59 Å². The smallest absolute Gasteiger partial charge is 0.138 e. The summed E-state index contributed by atoms with van der Waals surface area (Å²) in [6, 6.07) is 5.47. The quantitative estimate of drug-likeness (QED) is 0.928. The van der Waals surface area contributed by atoms with Crippen LogP contribution < -0.4 is 10.1 Å². The van der Waals surface area contributed by atoms with E-state index in [0.29, 0.717) is 17.4 Å². The summed E-state index contributed by atoms with van der Waals surface area (Å²) >= 11 is 10.7. The fourth-order valence-corrected chi connectivity index (χ4v) is 2.48. The summed E-state index contributed by atoms with van der Waals surface area (Å²) in [5, 5.41) is 8.45. The van der Waals surface area contributed by atoms with Crippen molar-refractivity contribution in [2.45, 2.75) is 6.61 Å². The molecule has 0 atom stereocenters. The molecule has 1 aromatic carbocycles. The predicted molar refractivity (Wildman–Crippen MR) is 72.9 cm³/mol. The molecule has 1 aromatic heterocycles. The Morgan fingerprint density at radius 3 is 3.06 bits per heavy atom.